The highest BCUT2D eigenvalue weighted by atomic mass is 16.6. The van der Waals surface area contributed by atoms with Crippen molar-refractivity contribution in [1.82, 2.24) is 0 Å². The maximum Gasteiger partial charge on any atom is 0.271 e. The summed E-state index contributed by atoms with van der Waals surface area (Å²) in [6.45, 7) is 1.65. The number of amides is 1. The average Bonchev–Trinajstić information content (AvgIpc) is 2.61. The van der Waals surface area contributed by atoms with E-state index in [0.717, 1.165) is 0 Å². The van der Waals surface area contributed by atoms with Gasteiger partial charge >= 0.3 is 0 Å². The molecular weight excluding hydrogens is 340 g/mol. The Labute approximate surface area is 147 Å². The van der Waals surface area contributed by atoms with Gasteiger partial charge in [-0.15, -0.1) is 0 Å². The fourth-order valence-corrected chi connectivity index (χ4v) is 2.09. The lowest BCUT2D eigenvalue weighted by atomic mass is 10.1. The Hall–Kier alpha value is -4.06. The van der Waals surface area contributed by atoms with E-state index in [1.807, 2.05) is 0 Å². The van der Waals surface area contributed by atoms with Gasteiger partial charge in [-0.2, -0.15) is 5.26 Å². The third-order valence-electron chi connectivity index (χ3n) is 3.44. The van der Waals surface area contributed by atoms with Gasteiger partial charge in [0.25, 0.3) is 17.3 Å². The van der Waals surface area contributed by atoms with E-state index in [2.05, 4.69) is 5.32 Å². The van der Waals surface area contributed by atoms with E-state index in [1.54, 1.807) is 13.0 Å². The standard InChI is InChI=1S/C17H12N4O5/c1-11-5-6-15(21(25)26)9-16(11)19-17(22)13(10-18)7-12-3-2-4-14(8-12)20(23)24/h2-9H,1H3,(H,19,22)/b13-7+. The van der Waals surface area contributed by atoms with Crippen molar-refractivity contribution >= 4 is 29.0 Å². The fourth-order valence-electron chi connectivity index (χ4n) is 2.09. The topological polar surface area (TPSA) is 139 Å². The molecular formula is C17H12N4O5. The quantitative estimate of drug-likeness (QED) is 0.379. The molecule has 0 saturated carbocycles. The summed E-state index contributed by atoms with van der Waals surface area (Å²) in [5, 5.41) is 33.3. The van der Waals surface area contributed by atoms with Crippen LogP contribution in [0.5, 0.6) is 0 Å². The molecule has 0 aromatic heterocycles. The first-order valence-electron chi connectivity index (χ1n) is 7.24. The molecule has 0 radical (unpaired) electrons. The highest BCUT2D eigenvalue weighted by molar-refractivity contribution is 6.10. The minimum atomic E-state index is -0.775. The van der Waals surface area contributed by atoms with E-state index in [9.17, 15) is 30.3 Å². The molecule has 0 aliphatic rings. The van der Waals surface area contributed by atoms with Crippen LogP contribution in [-0.2, 0) is 4.79 Å². The van der Waals surface area contributed by atoms with Crippen LogP contribution < -0.4 is 5.32 Å². The first kappa shape index (κ1) is 18.3. The van der Waals surface area contributed by atoms with Crippen LogP contribution in [0.4, 0.5) is 17.1 Å². The number of nitro groups is 2. The van der Waals surface area contributed by atoms with Gasteiger partial charge in [0.2, 0.25) is 0 Å². The molecule has 0 heterocycles. The predicted molar refractivity (Wildman–Crippen MR) is 93.1 cm³/mol. The Morgan fingerprint density at radius 3 is 2.38 bits per heavy atom. The average molecular weight is 352 g/mol. The Morgan fingerprint density at radius 1 is 1.12 bits per heavy atom. The van der Waals surface area contributed by atoms with Crippen molar-refractivity contribution in [3.8, 4) is 6.07 Å². The Balaban J connectivity index is 2.31. The third kappa shape index (κ3) is 4.27. The minimum absolute atomic E-state index is 0.175. The van der Waals surface area contributed by atoms with Crippen LogP contribution >= 0.6 is 0 Å². The summed E-state index contributed by atoms with van der Waals surface area (Å²) < 4.78 is 0. The smallest absolute Gasteiger partial charge is 0.271 e. The zero-order chi connectivity index (χ0) is 19.3. The maximum absolute atomic E-state index is 12.3. The van der Waals surface area contributed by atoms with E-state index in [0.29, 0.717) is 11.1 Å². The van der Waals surface area contributed by atoms with Crippen molar-refractivity contribution in [2.24, 2.45) is 0 Å². The van der Waals surface area contributed by atoms with E-state index in [-0.39, 0.29) is 22.6 Å². The first-order chi connectivity index (χ1) is 12.3. The Bertz CT molecular complexity index is 975. The van der Waals surface area contributed by atoms with Crippen LogP contribution in [-0.4, -0.2) is 15.8 Å². The minimum Gasteiger partial charge on any atom is -0.321 e. The van der Waals surface area contributed by atoms with Gasteiger partial charge in [-0.1, -0.05) is 18.2 Å². The van der Waals surface area contributed by atoms with Crippen molar-refractivity contribution < 1.29 is 14.6 Å². The third-order valence-corrected chi connectivity index (χ3v) is 3.44. The van der Waals surface area contributed by atoms with Gasteiger partial charge in [0.05, 0.1) is 15.5 Å². The summed E-state index contributed by atoms with van der Waals surface area (Å²) in [5.41, 5.74) is 0.414. The Kier molecular flexibility index (Phi) is 5.40. The summed E-state index contributed by atoms with van der Waals surface area (Å²) in [4.78, 5) is 32.7. The number of anilines is 1. The lowest BCUT2D eigenvalue weighted by molar-refractivity contribution is -0.385. The van der Waals surface area contributed by atoms with E-state index >= 15 is 0 Å². The van der Waals surface area contributed by atoms with E-state index in [1.165, 1.54) is 48.5 Å². The van der Waals surface area contributed by atoms with Gasteiger partial charge in [0, 0.05) is 24.3 Å². The van der Waals surface area contributed by atoms with Crippen LogP contribution in [0.15, 0.2) is 48.0 Å². The fraction of sp³-hybridized carbons (Fsp3) is 0.0588. The van der Waals surface area contributed by atoms with Gasteiger partial charge in [-0.25, -0.2) is 0 Å². The van der Waals surface area contributed by atoms with Gasteiger partial charge in [0.15, 0.2) is 0 Å². The number of nitrogens with zero attached hydrogens (tertiary/aromatic N) is 3. The molecule has 1 N–H and O–H groups in total. The predicted octanol–water partition coefficient (Wildman–Crippen LogP) is 3.36. The van der Waals surface area contributed by atoms with Crippen molar-refractivity contribution in [3.05, 3.63) is 79.4 Å². The molecule has 9 heteroatoms. The highest BCUT2D eigenvalue weighted by Crippen LogP contribution is 2.23. The maximum atomic E-state index is 12.3. The summed E-state index contributed by atoms with van der Waals surface area (Å²) >= 11 is 0. The molecule has 1 amide bonds. The van der Waals surface area contributed by atoms with E-state index < -0.39 is 15.8 Å². The molecule has 0 unspecified atom stereocenters. The number of hydrogen-bond donors (Lipinski definition) is 1. The summed E-state index contributed by atoms with van der Waals surface area (Å²) in [6, 6.07) is 11.1. The summed E-state index contributed by atoms with van der Waals surface area (Å²) in [6.07, 6.45) is 1.20. The van der Waals surface area contributed by atoms with Gasteiger partial charge in [-0.05, 0) is 24.1 Å². The molecule has 0 saturated heterocycles. The number of rotatable bonds is 5. The zero-order valence-corrected chi connectivity index (χ0v) is 13.5. The number of hydrogen-bond acceptors (Lipinski definition) is 6. The number of carbonyl (C=O) groups excluding carboxylic acids is 1. The van der Waals surface area contributed by atoms with Gasteiger partial charge in [0.1, 0.15) is 11.6 Å². The molecule has 0 fully saturated rings. The zero-order valence-electron chi connectivity index (χ0n) is 13.5. The summed E-state index contributed by atoms with van der Waals surface area (Å²) in [7, 11) is 0. The molecule has 0 atom stereocenters. The lowest BCUT2D eigenvalue weighted by Crippen LogP contribution is -2.14. The van der Waals surface area contributed by atoms with E-state index in [4.69, 9.17) is 0 Å². The van der Waals surface area contributed by atoms with Crippen LogP contribution in [0, 0.1) is 38.5 Å². The second-order valence-electron chi connectivity index (χ2n) is 5.23. The molecule has 0 aliphatic heterocycles. The van der Waals surface area contributed by atoms with Crippen LogP contribution in [0.3, 0.4) is 0 Å². The largest absolute Gasteiger partial charge is 0.321 e. The number of carbonyl (C=O) groups is 1. The number of non-ortho nitro benzene ring substituents is 2. The van der Waals surface area contributed by atoms with Crippen LogP contribution in [0.2, 0.25) is 0 Å². The SMILES string of the molecule is Cc1ccc([N+](=O)[O-])cc1NC(=O)/C(C#N)=C/c1cccc([N+](=O)[O-])c1. The normalized spacial score (nSPS) is 10.7. The first-order valence-corrected chi connectivity index (χ1v) is 7.24. The number of nitriles is 1. The molecule has 26 heavy (non-hydrogen) atoms. The number of benzene rings is 2. The van der Waals surface area contributed by atoms with Gasteiger partial charge in [-0.3, -0.25) is 25.0 Å². The van der Waals surface area contributed by atoms with Crippen molar-refractivity contribution in [2.45, 2.75) is 6.92 Å². The van der Waals surface area contributed by atoms with Crippen molar-refractivity contribution in [1.29, 1.82) is 5.26 Å². The number of aryl methyl sites for hydroxylation is 1. The summed E-state index contributed by atoms with van der Waals surface area (Å²) in [5.74, 6) is -0.775. The van der Waals surface area contributed by atoms with Gasteiger partial charge < -0.3 is 5.32 Å². The molecule has 2 rings (SSSR count). The van der Waals surface area contributed by atoms with Crippen molar-refractivity contribution in [2.75, 3.05) is 5.32 Å². The second-order valence-corrected chi connectivity index (χ2v) is 5.23. The van der Waals surface area contributed by atoms with Crippen molar-refractivity contribution in [3.63, 3.8) is 0 Å². The Morgan fingerprint density at radius 2 is 1.77 bits per heavy atom. The highest BCUT2D eigenvalue weighted by Gasteiger charge is 2.15. The second kappa shape index (κ2) is 7.67. The molecule has 130 valence electrons. The van der Waals surface area contributed by atoms with Crippen LogP contribution in [0.25, 0.3) is 6.08 Å². The van der Waals surface area contributed by atoms with Crippen LogP contribution in [0.1, 0.15) is 11.1 Å². The molecule has 9 nitrogen and oxygen atoms in total. The molecule has 2 aromatic carbocycles. The lowest BCUT2D eigenvalue weighted by Gasteiger charge is -2.07. The monoisotopic (exact) mass is 352 g/mol. The molecule has 0 bridgehead atoms. The molecule has 0 aliphatic carbocycles. The molecule has 2 aromatic rings. The molecule has 0 spiro atoms. The number of nitrogens with one attached hydrogen (secondary N) is 1. The number of nitro benzene ring substituents is 2.